The summed E-state index contributed by atoms with van der Waals surface area (Å²) in [6.45, 7) is 1.91. The molecule has 0 spiro atoms. The van der Waals surface area contributed by atoms with Crippen LogP contribution in [0.25, 0.3) is 11.1 Å². The summed E-state index contributed by atoms with van der Waals surface area (Å²) in [6.07, 6.45) is 0.928. The third-order valence-electron chi connectivity index (χ3n) is 6.26. The minimum atomic E-state index is -0.0766. The highest BCUT2D eigenvalue weighted by Crippen LogP contribution is 2.37. The number of hydrogen-bond acceptors (Lipinski definition) is 4. The second-order valence-corrected chi connectivity index (χ2v) is 8.08. The van der Waals surface area contributed by atoms with Crippen molar-refractivity contribution in [2.75, 3.05) is 33.4 Å². The lowest BCUT2D eigenvalue weighted by atomic mass is 9.98. The third kappa shape index (κ3) is 2.86. The van der Waals surface area contributed by atoms with Gasteiger partial charge < -0.3 is 14.5 Å². The van der Waals surface area contributed by atoms with Crippen LogP contribution in [0.15, 0.2) is 42.5 Å². The Morgan fingerprint density at radius 3 is 2.55 bits per heavy atom. The van der Waals surface area contributed by atoms with Crippen LogP contribution in [0.5, 0.6) is 0 Å². The molecular formula is C23H22N2O4. The topological polar surface area (TPSA) is 66.9 Å². The van der Waals surface area contributed by atoms with Crippen molar-refractivity contribution in [3.63, 3.8) is 0 Å². The van der Waals surface area contributed by atoms with E-state index in [9.17, 15) is 14.4 Å². The minimum Gasteiger partial charge on any atom is -0.375 e. The Balaban J connectivity index is 1.38. The summed E-state index contributed by atoms with van der Waals surface area (Å²) < 4.78 is 4.98. The number of nitrogens with zero attached hydrogens (tertiary/aromatic N) is 2. The normalized spacial score (nSPS) is 21.9. The van der Waals surface area contributed by atoms with Gasteiger partial charge in [0.25, 0.3) is 5.91 Å². The first-order valence-electron chi connectivity index (χ1n) is 9.92. The first kappa shape index (κ1) is 18.1. The fourth-order valence-corrected chi connectivity index (χ4v) is 4.98. The quantitative estimate of drug-likeness (QED) is 0.688. The molecule has 0 radical (unpaired) electrons. The lowest BCUT2D eigenvalue weighted by molar-refractivity contribution is -0.136. The van der Waals surface area contributed by atoms with Crippen molar-refractivity contribution >= 4 is 17.6 Å². The fourth-order valence-electron chi connectivity index (χ4n) is 4.98. The molecule has 0 aromatic heterocycles. The summed E-state index contributed by atoms with van der Waals surface area (Å²) >= 11 is 0. The van der Waals surface area contributed by atoms with Crippen molar-refractivity contribution in [1.82, 2.24) is 9.80 Å². The maximum absolute atomic E-state index is 13.2. The molecule has 6 nitrogen and oxygen atoms in total. The lowest BCUT2D eigenvalue weighted by Crippen LogP contribution is -2.47. The van der Waals surface area contributed by atoms with E-state index in [1.165, 1.54) is 7.11 Å². The molecule has 2 aromatic carbocycles. The summed E-state index contributed by atoms with van der Waals surface area (Å²) in [5.74, 6) is 0.168. The van der Waals surface area contributed by atoms with E-state index in [2.05, 4.69) is 0 Å². The van der Waals surface area contributed by atoms with E-state index < -0.39 is 0 Å². The summed E-state index contributed by atoms with van der Waals surface area (Å²) in [5.41, 5.74) is 3.62. The molecule has 148 valence electrons. The van der Waals surface area contributed by atoms with Crippen molar-refractivity contribution in [2.45, 2.75) is 12.5 Å². The number of piperidine rings is 1. The van der Waals surface area contributed by atoms with Gasteiger partial charge in [0.15, 0.2) is 5.78 Å². The Hall–Kier alpha value is -2.99. The van der Waals surface area contributed by atoms with Gasteiger partial charge in [-0.05, 0) is 35.6 Å². The number of methoxy groups -OCH3 is 1. The van der Waals surface area contributed by atoms with Gasteiger partial charge in [-0.15, -0.1) is 0 Å². The molecule has 5 rings (SSSR count). The van der Waals surface area contributed by atoms with Crippen molar-refractivity contribution in [3.05, 3.63) is 59.2 Å². The maximum Gasteiger partial charge on any atom is 0.253 e. The molecule has 2 heterocycles. The number of likely N-dealkylation sites (tertiary alicyclic amines) is 2. The molecule has 29 heavy (non-hydrogen) atoms. The van der Waals surface area contributed by atoms with E-state index in [-0.39, 0.29) is 30.2 Å². The van der Waals surface area contributed by atoms with Crippen LogP contribution >= 0.6 is 0 Å². The summed E-state index contributed by atoms with van der Waals surface area (Å²) in [4.78, 5) is 41.9. The number of amides is 2. The molecule has 6 heteroatoms. The fraction of sp³-hybridized carbons (Fsp3) is 0.348. The van der Waals surface area contributed by atoms with Gasteiger partial charge in [0.1, 0.15) is 6.61 Å². The predicted octanol–water partition coefficient (Wildman–Crippen LogP) is 2.22. The Morgan fingerprint density at radius 2 is 1.76 bits per heavy atom. The van der Waals surface area contributed by atoms with Crippen LogP contribution in [0.1, 0.15) is 32.7 Å². The largest absolute Gasteiger partial charge is 0.375 e. The zero-order valence-electron chi connectivity index (χ0n) is 16.3. The highest BCUT2D eigenvalue weighted by Gasteiger charge is 2.42. The van der Waals surface area contributed by atoms with E-state index >= 15 is 0 Å². The molecule has 2 aromatic rings. The van der Waals surface area contributed by atoms with E-state index in [1.807, 2.05) is 40.1 Å². The van der Waals surface area contributed by atoms with Crippen molar-refractivity contribution in [2.24, 2.45) is 5.92 Å². The number of carbonyl (C=O) groups is 3. The molecule has 2 saturated heterocycles. The van der Waals surface area contributed by atoms with Gasteiger partial charge in [0.2, 0.25) is 5.91 Å². The molecule has 0 N–H and O–H groups in total. The first-order chi connectivity index (χ1) is 14.1. The molecule has 2 fully saturated rings. The van der Waals surface area contributed by atoms with Gasteiger partial charge in [-0.1, -0.05) is 30.3 Å². The average molecular weight is 390 g/mol. The molecule has 2 amide bonds. The standard InChI is InChI=1S/C23H22N2O4/c1-29-13-21(26)25-11-14-8-16(25)12-24(10-14)23(28)15-6-7-18-17-4-2-3-5-19(17)22(27)20(18)9-15/h2-7,9,14,16H,8,10-13H2,1H3. The third-order valence-corrected chi connectivity index (χ3v) is 6.26. The van der Waals surface area contributed by atoms with Crippen molar-refractivity contribution in [1.29, 1.82) is 0 Å². The van der Waals surface area contributed by atoms with E-state index in [0.717, 1.165) is 17.5 Å². The van der Waals surface area contributed by atoms with Crippen LogP contribution in [-0.2, 0) is 9.53 Å². The smallest absolute Gasteiger partial charge is 0.253 e. The molecule has 0 saturated carbocycles. The van der Waals surface area contributed by atoms with Crippen LogP contribution in [0.3, 0.4) is 0 Å². The van der Waals surface area contributed by atoms with Gasteiger partial charge >= 0.3 is 0 Å². The van der Waals surface area contributed by atoms with Gasteiger partial charge in [0, 0.05) is 49.5 Å². The van der Waals surface area contributed by atoms with Crippen LogP contribution in [-0.4, -0.2) is 66.8 Å². The minimum absolute atomic E-state index is 0.0183. The second kappa shape index (κ2) is 6.81. The van der Waals surface area contributed by atoms with Crippen LogP contribution < -0.4 is 0 Å². The number of hydrogen-bond donors (Lipinski definition) is 0. The summed E-state index contributed by atoms with van der Waals surface area (Å²) in [6, 6.07) is 13.0. The average Bonchev–Trinajstić information content (AvgIpc) is 3.20. The summed E-state index contributed by atoms with van der Waals surface area (Å²) in [5, 5.41) is 0. The summed E-state index contributed by atoms with van der Waals surface area (Å²) in [7, 11) is 1.52. The van der Waals surface area contributed by atoms with Gasteiger partial charge in [0.05, 0.1) is 0 Å². The zero-order chi connectivity index (χ0) is 20.1. The number of carbonyl (C=O) groups excluding carboxylic acids is 3. The molecule has 2 bridgehead atoms. The number of ether oxygens (including phenoxy) is 1. The molecule has 2 atom stereocenters. The Morgan fingerprint density at radius 1 is 1.00 bits per heavy atom. The first-order valence-corrected chi connectivity index (χ1v) is 9.92. The predicted molar refractivity (Wildman–Crippen MR) is 107 cm³/mol. The zero-order valence-corrected chi connectivity index (χ0v) is 16.3. The molecule has 3 aliphatic rings. The maximum atomic E-state index is 13.2. The van der Waals surface area contributed by atoms with Crippen LogP contribution in [0.4, 0.5) is 0 Å². The van der Waals surface area contributed by atoms with Gasteiger partial charge in [-0.3, -0.25) is 14.4 Å². The Labute approximate surface area is 169 Å². The van der Waals surface area contributed by atoms with Crippen molar-refractivity contribution in [3.8, 4) is 11.1 Å². The number of rotatable bonds is 3. The molecular weight excluding hydrogens is 368 g/mol. The Bertz CT molecular complexity index is 1030. The number of ketones is 1. The van der Waals surface area contributed by atoms with E-state index in [0.29, 0.717) is 42.2 Å². The molecule has 1 aliphatic carbocycles. The van der Waals surface area contributed by atoms with E-state index in [1.54, 1.807) is 12.1 Å². The molecule has 2 unspecified atom stereocenters. The number of benzene rings is 2. The van der Waals surface area contributed by atoms with Crippen LogP contribution in [0, 0.1) is 5.92 Å². The SMILES string of the molecule is COCC(=O)N1CC2CC1CN(C(=O)c1ccc3c(c1)C(=O)c1ccccc1-3)C2. The van der Waals surface area contributed by atoms with Crippen molar-refractivity contribution < 1.29 is 19.1 Å². The monoisotopic (exact) mass is 390 g/mol. The van der Waals surface area contributed by atoms with E-state index in [4.69, 9.17) is 4.74 Å². The Kier molecular flexibility index (Phi) is 4.24. The molecule has 2 aliphatic heterocycles. The highest BCUT2D eigenvalue weighted by molar-refractivity contribution is 6.22. The number of fused-ring (bicyclic) bond motifs is 5. The van der Waals surface area contributed by atoms with Gasteiger partial charge in [-0.25, -0.2) is 0 Å². The van der Waals surface area contributed by atoms with Gasteiger partial charge in [-0.2, -0.15) is 0 Å². The van der Waals surface area contributed by atoms with Crippen LogP contribution in [0.2, 0.25) is 0 Å². The highest BCUT2D eigenvalue weighted by atomic mass is 16.5. The second-order valence-electron chi connectivity index (χ2n) is 8.08. The lowest BCUT2D eigenvalue weighted by Gasteiger charge is -2.33.